The van der Waals surface area contributed by atoms with Gasteiger partial charge in [0.2, 0.25) is 0 Å². The van der Waals surface area contributed by atoms with Gasteiger partial charge in [-0.15, -0.1) is 0 Å². The number of nitrogen functional groups attached to an aromatic ring is 1. The summed E-state index contributed by atoms with van der Waals surface area (Å²) in [5.41, 5.74) is 8.77. The zero-order valence-corrected chi connectivity index (χ0v) is 13.3. The van der Waals surface area contributed by atoms with Crippen molar-refractivity contribution in [3.63, 3.8) is 0 Å². The van der Waals surface area contributed by atoms with Gasteiger partial charge < -0.3 is 10.5 Å². The van der Waals surface area contributed by atoms with Gasteiger partial charge in [-0.2, -0.15) is 0 Å². The van der Waals surface area contributed by atoms with E-state index in [-0.39, 0.29) is 0 Å². The van der Waals surface area contributed by atoms with Gasteiger partial charge in [-0.3, -0.25) is 4.21 Å². The molecule has 0 heterocycles. The minimum Gasteiger partial charge on any atom is -0.493 e. The summed E-state index contributed by atoms with van der Waals surface area (Å²) in [7, 11) is -0.969. The molecule has 0 aliphatic rings. The molecule has 112 valence electrons. The first-order valence-corrected chi connectivity index (χ1v) is 8.32. The van der Waals surface area contributed by atoms with Gasteiger partial charge in [-0.25, -0.2) is 0 Å². The highest BCUT2D eigenvalue weighted by atomic mass is 32.2. The van der Waals surface area contributed by atoms with Crippen molar-refractivity contribution in [2.75, 3.05) is 18.1 Å². The summed E-state index contributed by atoms with van der Waals surface area (Å²) in [4.78, 5) is 0.891. The summed E-state index contributed by atoms with van der Waals surface area (Å²) < 4.78 is 17.8. The van der Waals surface area contributed by atoms with Gasteiger partial charge in [-0.05, 0) is 55.7 Å². The van der Waals surface area contributed by atoms with Crippen LogP contribution in [0.1, 0.15) is 17.5 Å². The smallest absolute Gasteiger partial charge is 0.121 e. The van der Waals surface area contributed by atoms with E-state index in [0.717, 1.165) is 17.1 Å². The number of ether oxygens (including phenoxy) is 1. The molecule has 0 aromatic heterocycles. The Morgan fingerprint density at radius 1 is 1.10 bits per heavy atom. The van der Waals surface area contributed by atoms with E-state index < -0.39 is 10.8 Å². The van der Waals surface area contributed by atoms with Gasteiger partial charge in [0.15, 0.2) is 0 Å². The Labute approximate surface area is 128 Å². The van der Waals surface area contributed by atoms with E-state index in [1.54, 1.807) is 6.07 Å². The third-order valence-electron chi connectivity index (χ3n) is 3.34. The summed E-state index contributed by atoms with van der Waals surface area (Å²) in [6.07, 6.45) is 0.744. The van der Waals surface area contributed by atoms with Crippen molar-refractivity contribution in [3.8, 4) is 5.75 Å². The van der Waals surface area contributed by atoms with Gasteiger partial charge in [-0.1, -0.05) is 12.1 Å². The van der Waals surface area contributed by atoms with Crippen LogP contribution >= 0.6 is 0 Å². The highest BCUT2D eigenvalue weighted by Crippen LogP contribution is 2.16. The van der Waals surface area contributed by atoms with Crippen LogP contribution in [-0.4, -0.2) is 16.6 Å². The maximum absolute atomic E-state index is 12.2. The first-order valence-electron chi connectivity index (χ1n) is 7.00. The quantitative estimate of drug-likeness (QED) is 0.657. The highest BCUT2D eigenvalue weighted by Gasteiger charge is 2.05. The maximum atomic E-state index is 12.2. The molecule has 2 aromatic carbocycles. The first-order chi connectivity index (χ1) is 10.1. The van der Waals surface area contributed by atoms with E-state index in [4.69, 9.17) is 10.5 Å². The summed E-state index contributed by atoms with van der Waals surface area (Å²) in [6.45, 7) is 4.64. The number of rotatable bonds is 6. The lowest BCUT2D eigenvalue weighted by atomic mass is 10.1. The van der Waals surface area contributed by atoms with E-state index >= 15 is 0 Å². The molecule has 0 radical (unpaired) electrons. The van der Waals surface area contributed by atoms with Crippen LogP contribution in [-0.2, 0) is 10.8 Å². The maximum Gasteiger partial charge on any atom is 0.121 e. The summed E-state index contributed by atoms with van der Waals surface area (Å²) in [5.74, 6) is 1.36. The minimum absolute atomic E-state index is 0.542. The monoisotopic (exact) mass is 303 g/mol. The van der Waals surface area contributed by atoms with Crippen LogP contribution in [0, 0.1) is 13.8 Å². The standard InChI is InChI=1S/C17H21NO2S/c1-13-7-8-17(11-14(13)2)21(19)10-4-9-20-16-6-3-5-15(18)12-16/h3,5-8,11-12H,4,9-10,18H2,1-2H3. The van der Waals surface area contributed by atoms with Gasteiger partial charge in [0.1, 0.15) is 5.75 Å². The third-order valence-corrected chi connectivity index (χ3v) is 4.78. The van der Waals surface area contributed by atoms with E-state index in [9.17, 15) is 4.21 Å². The van der Waals surface area contributed by atoms with Gasteiger partial charge in [0.05, 0.1) is 17.4 Å². The van der Waals surface area contributed by atoms with Crippen LogP contribution in [0.3, 0.4) is 0 Å². The van der Waals surface area contributed by atoms with Crippen molar-refractivity contribution in [1.29, 1.82) is 0 Å². The predicted molar refractivity (Wildman–Crippen MR) is 88.2 cm³/mol. The zero-order valence-electron chi connectivity index (χ0n) is 12.5. The summed E-state index contributed by atoms with van der Waals surface area (Å²) >= 11 is 0. The number of anilines is 1. The molecule has 2 aromatic rings. The molecule has 4 heteroatoms. The molecule has 21 heavy (non-hydrogen) atoms. The summed E-state index contributed by atoms with van der Waals surface area (Å²) in [5, 5.41) is 0. The van der Waals surface area contributed by atoms with Crippen LogP contribution in [0.5, 0.6) is 5.75 Å². The largest absolute Gasteiger partial charge is 0.493 e. The molecule has 0 bridgehead atoms. The molecule has 0 aliphatic carbocycles. The lowest BCUT2D eigenvalue weighted by molar-refractivity contribution is 0.318. The number of nitrogens with two attached hydrogens (primary N) is 1. The Morgan fingerprint density at radius 3 is 2.62 bits per heavy atom. The fourth-order valence-corrected chi connectivity index (χ4v) is 3.10. The molecule has 2 rings (SSSR count). The van der Waals surface area contributed by atoms with Crippen molar-refractivity contribution < 1.29 is 8.95 Å². The minimum atomic E-state index is -0.969. The number of aryl methyl sites for hydroxylation is 2. The lowest BCUT2D eigenvalue weighted by Crippen LogP contribution is -2.05. The van der Waals surface area contributed by atoms with Gasteiger partial charge in [0, 0.05) is 22.4 Å². The lowest BCUT2D eigenvalue weighted by Gasteiger charge is -2.08. The number of hydrogen-bond donors (Lipinski definition) is 1. The van der Waals surface area contributed by atoms with E-state index in [2.05, 4.69) is 6.92 Å². The van der Waals surface area contributed by atoms with Crippen LogP contribution in [0.2, 0.25) is 0 Å². The first kappa shape index (κ1) is 15.6. The Bertz CT molecular complexity index is 640. The highest BCUT2D eigenvalue weighted by molar-refractivity contribution is 7.85. The molecule has 0 fully saturated rings. The molecule has 0 amide bonds. The molecular formula is C17H21NO2S. The molecule has 0 saturated carbocycles. The molecule has 1 unspecified atom stereocenters. The Kier molecular flexibility index (Phi) is 5.39. The van der Waals surface area contributed by atoms with Crippen LogP contribution in [0.15, 0.2) is 47.4 Å². The van der Waals surface area contributed by atoms with Crippen molar-refractivity contribution >= 4 is 16.5 Å². The Balaban J connectivity index is 1.80. The molecule has 3 nitrogen and oxygen atoms in total. The van der Waals surface area contributed by atoms with Crippen LogP contribution in [0.25, 0.3) is 0 Å². The van der Waals surface area contributed by atoms with Crippen molar-refractivity contribution in [3.05, 3.63) is 53.6 Å². The van der Waals surface area contributed by atoms with Gasteiger partial charge >= 0.3 is 0 Å². The second kappa shape index (κ2) is 7.27. The molecule has 1 atom stereocenters. The van der Waals surface area contributed by atoms with Crippen LogP contribution in [0.4, 0.5) is 5.69 Å². The molecule has 0 spiro atoms. The molecular weight excluding hydrogens is 282 g/mol. The Hall–Kier alpha value is -1.81. The topological polar surface area (TPSA) is 52.3 Å². The average molecular weight is 303 g/mol. The fraction of sp³-hybridized carbons (Fsp3) is 0.294. The molecule has 0 aliphatic heterocycles. The molecule has 0 saturated heterocycles. The van der Waals surface area contributed by atoms with Crippen molar-refractivity contribution in [2.24, 2.45) is 0 Å². The SMILES string of the molecule is Cc1ccc(S(=O)CCCOc2cccc(N)c2)cc1C. The van der Waals surface area contributed by atoms with Crippen molar-refractivity contribution in [2.45, 2.75) is 25.2 Å². The van der Waals surface area contributed by atoms with Crippen molar-refractivity contribution in [1.82, 2.24) is 0 Å². The predicted octanol–water partition coefficient (Wildman–Crippen LogP) is 3.46. The third kappa shape index (κ3) is 4.60. The second-order valence-corrected chi connectivity index (χ2v) is 6.64. The fourth-order valence-electron chi connectivity index (χ4n) is 1.96. The summed E-state index contributed by atoms with van der Waals surface area (Å²) in [6, 6.07) is 13.3. The van der Waals surface area contributed by atoms with Crippen LogP contribution < -0.4 is 10.5 Å². The van der Waals surface area contributed by atoms with E-state index in [0.29, 0.717) is 18.0 Å². The second-order valence-electron chi connectivity index (χ2n) is 5.07. The van der Waals surface area contributed by atoms with E-state index in [1.807, 2.05) is 43.3 Å². The average Bonchev–Trinajstić information content (AvgIpc) is 2.46. The number of benzene rings is 2. The van der Waals surface area contributed by atoms with Gasteiger partial charge in [0.25, 0.3) is 0 Å². The molecule has 2 N–H and O–H groups in total. The zero-order chi connectivity index (χ0) is 15.2. The van der Waals surface area contributed by atoms with E-state index in [1.165, 1.54) is 11.1 Å². The normalized spacial score (nSPS) is 12.1. The Morgan fingerprint density at radius 2 is 1.90 bits per heavy atom. The number of hydrogen-bond acceptors (Lipinski definition) is 3.